The van der Waals surface area contributed by atoms with E-state index in [4.69, 9.17) is 5.11 Å². The highest BCUT2D eigenvalue weighted by Crippen LogP contribution is 2.31. The Kier molecular flexibility index (Phi) is 2.93. The second-order valence-corrected chi connectivity index (χ2v) is 4.73. The summed E-state index contributed by atoms with van der Waals surface area (Å²) in [5.41, 5.74) is 0.778. The van der Waals surface area contributed by atoms with Crippen LogP contribution in [0.1, 0.15) is 28.2 Å². The van der Waals surface area contributed by atoms with Crippen molar-refractivity contribution >= 4 is 11.7 Å². The molecule has 0 bridgehead atoms. The largest absolute Gasteiger partial charge is 0.476 e. The van der Waals surface area contributed by atoms with E-state index in [9.17, 15) is 19.3 Å². The van der Waals surface area contributed by atoms with Crippen LogP contribution in [0.25, 0.3) is 5.69 Å². The Labute approximate surface area is 117 Å². The zero-order chi connectivity index (χ0) is 15.1. The molecule has 1 aliphatic carbocycles. The van der Waals surface area contributed by atoms with Gasteiger partial charge >= 0.3 is 5.97 Å². The molecule has 3 rings (SSSR count). The average Bonchev–Trinajstić information content (AvgIpc) is 3.00. The number of nitro benzene ring substituents is 1. The molecule has 0 saturated heterocycles. The number of rotatable bonds is 3. The molecule has 0 fully saturated rings. The van der Waals surface area contributed by atoms with Gasteiger partial charge in [0.2, 0.25) is 0 Å². The van der Waals surface area contributed by atoms with E-state index in [2.05, 4.69) is 5.10 Å². The third-order valence-electron chi connectivity index (χ3n) is 3.50. The average molecular weight is 291 g/mol. The highest BCUT2D eigenvalue weighted by atomic mass is 19.1. The molecule has 1 heterocycles. The lowest BCUT2D eigenvalue weighted by atomic mass is 10.2. The Bertz CT molecular complexity index is 769. The van der Waals surface area contributed by atoms with Crippen molar-refractivity contribution in [2.75, 3.05) is 0 Å². The van der Waals surface area contributed by atoms with Gasteiger partial charge in [-0.2, -0.15) is 5.10 Å². The maximum absolute atomic E-state index is 13.2. The second-order valence-electron chi connectivity index (χ2n) is 4.73. The number of hydrogen-bond donors (Lipinski definition) is 1. The van der Waals surface area contributed by atoms with Crippen molar-refractivity contribution < 1.29 is 19.2 Å². The smallest absolute Gasteiger partial charge is 0.356 e. The van der Waals surface area contributed by atoms with Crippen LogP contribution in [-0.2, 0) is 12.8 Å². The van der Waals surface area contributed by atoms with E-state index in [1.54, 1.807) is 0 Å². The molecule has 0 saturated carbocycles. The summed E-state index contributed by atoms with van der Waals surface area (Å²) >= 11 is 0. The fourth-order valence-electron chi connectivity index (χ4n) is 2.63. The summed E-state index contributed by atoms with van der Waals surface area (Å²) in [5, 5.41) is 24.2. The maximum Gasteiger partial charge on any atom is 0.356 e. The number of nitrogens with zero attached hydrogens (tertiary/aromatic N) is 3. The van der Waals surface area contributed by atoms with E-state index in [0.717, 1.165) is 18.6 Å². The summed E-state index contributed by atoms with van der Waals surface area (Å²) in [7, 11) is 0. The molecule has 7 nitrogen and oxygen atoms in total. The minimum absolute atomic E-state index is 0.0760. The molecule has 1 aromatic carbocycles. The Morgan fingerprint density at radius 2 is 2.19 bits per heavy atom. The molecule has 1 aromatic heterocycles. The Morgan fingerprint density at radius 3 is 2.86 bits per heavy atom. The van der Waals surface area contributed by atoms with Gasteiger partial charge in [-0.05, 0) is 31.4 Å². The van der Waals surface area contributed by atoms with Gasteiger partial charge in [-0.1, -0.05) is 0 Å². The molecule has 0 unspecified atom stereocenters. The van der Waals surface area contributed by atoms with Crippen LogP contribution in [0.5, 0.6) is 0 Å². The standard InChI is InChI=1S/C13H10FN3O4/c14-7-4-5-10(11(6-7)17(20)21)16-9-3-1-2-8(9)12(15-16)13(18)19/h4-6H,1-3H2,(H,18,19). The maximum atomic E-state index is 13.2. The van der Waals surface area contributed by atoms with Crippen LogP contribution in [0.3, 0.4) is 0 Å². The van der Waals surface area contributed by atoms with Gasteiger partial charge in [0, 0.05) is 11.3 Å². The summed E-state index contributed by atoms with van der Waals surface area (Å²) in [4.78, 5) is 21.6. The molecule has 108 valence electrons. The number of aromatic carboxylic acids is 1. The molecule has 0 aliphatic heterocycles. The first-order valence-electron chi connectivity index (χ1n) is 6.27. The van der Waals surface area contributed by atoms with Crippen molar-refractivity contribution in [1.29, 1.82) is 0 Å². The number of carboxylic acid groups (broad SMARTS) is 1. The topological polar surface area (TPSA) is 98.3 Å². The van der Waals surface area contributed by atoms with E-state index < -0.39 is 22.4 Å². The molecule has 1 aliphatic rings. The lowest BCUT2D eigenvalue weighted by Gasteiger charge is -2.06. The lowest BCUT2D eigenvalue weighted by Crippen LogP contribution is -2.07. The highest BCUT2D eigenvalue weighted by molar-refractivity contribution is 5.87. The third-order valence-corrected chi connectivity index (χ3v) is 3.50. The minimum Gasteiger partial charge on any atom is -0.476 e. The highest BCUT2D eigenvalue weighted by Gasteiger charge is 2.29. The van der Waals surface area contributed by atoms with Crippen LogP contribution in [0.4, 0.5) is 10.1 Å². The summed E-state index contributed by atoms with van der Waals surface area (Å²) in [6, 6.07) is 3.13. The van der Waals surface area contributed by atoms with Gasteiger partial charge in [-0.15, -0.1) is 0 Å². The van der Waals surface area contributed by atoms with Crippen molar-refractivity contribution in [2.45, 2.75) is 19.3 Å². The Hall–Kier alpha value is -2.77. The minimum atomic E-state index is -1.17. The predicted octanol–water partition coefficient (Wildman–Crippen LogP) is 2.11. The summed E-state index contributed by atoms with van der Waals surface area (Å²) < 4.78 is 14.5. The molecular weight excluding hydrogens is 281 g/mol. The van der Waals surface area contributed by atoms with Gasteiger partial charge in [0.15, 0.2) is 5.69 Å². The quantitative estimate of drug-likeness (QED) is 0.689. The fourth-order valence-corrected chi connectivity index (χ4v) is 2.63. The summed E-state index contributed by atoms with van der Waals surface area (Å²) in [6.07, 6.45) is 1.93. The molecule has 8 heteroatoms. The first kappa shape index (κ1) is 13.2. The first-order valence-corrected chi connectivity index (χ1v) is 6.27. The van der Waals surface area contributed by atoms with Crippen LogP contribution >= 0.6 is 0 Å². The molecule has 2 aromatic rings. The molecule has 0 radical (unpaired) electrons. The molecule has 0 atom stereocenters. The molecule has 0 amide bonds. The van der Waals surface area contributed by atoms with E-state index in [0.29, 0.717) is 24.1 Å². The van der Waals surface area contributed by atoms with E-state index in [-0.39, 0.29) is 11.4 Å². The Balaban J connectivity index is 2.25. The van der Waals surface area contributed by atoms with E-state index >= 15 is 0 Å². The number of carboxylic acids is 1. The summed E-state index contributed by atoms with van der Waals surface area (Å²) in [6.45, 7) is 0. The number of carbonyl (C=O) groups is 1. The van der Waals surface area contributed by atoms with Crippen LogP contribution in [-0.4, -0.2) is 25.8 Å². The van der Waals surface area contributed by atoms with Gasteiger partial charge in [-0.3, -0.25) is 10.1 Å². The fraction of sp³-hybridized carbons (Fsp3) is 0.231. The van der Waals surface area contributed by atoms with Crippen LogP contribution < -0.4 is 0 Å². The van der Waals surface area contributed by atoms with Crippen LogP contribution in [0, 0.1) is 15.9 Å². The number of hydrogen-bond acceptors (Lipinski definition) is 4. The molecule has 0 spiro atoms. The predicted molar refractivity (Wildman–Crippen MR) is 69.2 cm³/mol. The zero-order valence-corrected chi connectivity index (χ0v) is 10.7. The first-order chi connectivity index (χ1) is 9.99. The number of benzene rings is 1. The van der Waals surface area contributed by atoms with Crippen molar-refractivity contribution in [2.24, 2.45) is 0 Å². The number of nitro groups is 1. The Morgan fingerprint density at radius 1 is 1.43 bits per heavy atom. The van der Waals surface area contributed by atoms with Gasteiger partial charge in [0.25, 0.3) is 5.69 Å². The van der Waals surface area contributed by atoms with Gasteiger partial charge in [0.05, 0.1) is 11.0 Å². The normalized spacial score (nSPS) is 13.2. The monoisotopic (exact) mass is 291 g/mol. The van der Waals surface area contributed by atoms with Crippen LogP contribution in [0.2, 0.25) is 0 Å². The zero-order valence-electron chi connectivity index (χ0n) is 10.7. The van der Waals surface area contributed by atoms with Crippen molar-refractivity contribution in [3.8, 4) is 5.69 Å². The van der Waals surface area contributed by atoms with Gasteiger partial charge in [0.1, 0.15) is 11.5 Å². The summed E-state index contributed by atoms with van der Waals surface area (Å²) in [5.74, 6) is -1.90. The van der Waals surface area contributed by atoms with Gasteiger partial charge < -0.3 is 5.11 Å². The molecular formula is C13H10FN3O4. The second kappa shape index (κ2) is 4.65. The van der Waals surface area contributed by atoms with Crippen LogP contribution in [0.15, 0.2) is 18.2 Å². The third kappa shape index (κ3) is 2.04. The molecule has 21 heavy (non-hydrogen) atoms. The van der Waals surface area contributed by atoms with Crippen molar-refractivity contribution in [1.82, 2.24) is 9.78 Å². The molecule has 1 N–H and O–H groups in total. The SMILES string of the molecule is O=C(O)c1nn(-c2ccc(F)cc2[N+](=O)[O-])c2c1CCC2. The van der Waals surface area contributed by atoms with Crippen molar-refractivity contribution in [3.05, 3.63) is 51.1 Å². The van der Waals surface area contributed by atoms with E-state index in [1.807, 2.05) is 0 Å². The number of fused-ring (bicyclic) bond motifs is 1. The number of halogens is 1. The number of aromatic nitrogens is 2. The van der Waals surface area contributed by atoms with Gasteiger partial charge in [-0.25, -0.2) is 13.9 Å². The van der Waals surface area contributed by atoms with E-state index in [1.165, 1.54) is 10.7 Å². The lowest BCUT2D eigenvalue weighted by molar-refractivity contribution is -0.384. The van der Waals surface area contributed by atoms with Crippen molar-refractivity contribution in [3.63, 3.8) is 0 Å².